The van der Waals surface area contributed by atoms with Crippen LogP contribution in [0.5, 0.6) is 0 Å². The monoisotopic (exact) mass is 300 g/mol. The number of nitrogens with one attached hydrogen (secondary N) is 1. The van der Waals surface area contributed by atoms with Crippen LogP contribution in [-0.4, -0.2) is 38.9 Å². The number of likely N-dealkylation sites (N-methyl/N-ethyl adjacent to an activating group) is 1. The maximum absolute atomic E-state index is 13.0. The topological polar surface area (TPSA) is 66.5 Å². The van der Waals surface area contributed by atoms with Crippen molar-refractivity contribution in [3.63, 3.8) is 0 Å². The molecule has 0 spiro atoms. The zero-order valence-electron chi connectivity index (χ0n) is 11.2. The summed E-state index contributed by atoms with van der Waals surface area (Å²) in [5.41, 5.74) is 0.401. The van der Waals surface area contributed by atoms with Crippen LogP contribution < -0.4 is 4.72 Å². The third-order valence-corrected chi connectivity index (χ3v) is 4.62. The lowest BCUT2D eigenvalue weighted by Gasteiger charge is -2.29. The highest BCUT2D eigenvalue weighted by Crippen LogP contribution is 2.13. The van der Waals surface area contributed by atoms with E-state index >= 15 is 0 Å². The van der Waals surface area contributed by atoms with Gasteiger partial charge in [0.15, 0.2) is 0 Å². The van der Waals surface area contributed by atoms with Crippen molar-refractivity contribution < 1.29 is 17.6 Å². The lowest BCUT2D eigenvalue weighted by molar-refractivity contribution is -0.132. The van der Waals surface area contributed by atoms with Crippen LogP contribution in [0.1, 0.15) is 18.4 Å². The molecule has 1 aromatic carbocycles. The van der Waals surface area contributed by atoms with Gasteiger partial charge in [0.05, 0.1) is 5.75 Å². The van der Waals surface area contributed by atoms with E-state index in [1.54, 1.807) is 13.1 Å². The summed E-state index contributed by atoms with van der Waals surface area (Å²) in [5.74, 6) is -0.704. The first-order valence-electron chi connectivity index (χ1n) is 6.34. The van der Waals surface area contributed by atoms with Crippen LogP contribution in [0, 0.1) is 5.82 Å². The van der Waals surface area contributed by atoms with E-state index in [9.17, 15) is 17.6 Å². The van der Waals surface area contributed by atoms with Gasteiger partial charge in [-0.3, -0.25) is 4.79 Å². The molecular formula is C13H17FN2O3S. The van der Waals surface area contributed by atoms with Gasteiger partial charge in [-0.2, -0.15) is 0 Å². The maximum atomic E-state index is 13.0. The second kappa shape index (κ2) is 5.88. The molecule has 0 radical (unpaired) electrons. The van der Waals surface area contributed by atoms with Crippen LogP contribution in [0.25, 0.3) is 0 Å². The van der Waals surface area contributed by atoms with Crippen molar-refractivity contribution >= 4 is 15.9 Å². The highest BCUT2D eigenvalue weighted by Gasteiger charge is 2.26. The molecule has 1 N–H and O–H groups in total. The Morgan fingerprint density at radius 1 is 1.45 bits per heavy atom. The minimum Gasteiger partial charge on any atom is -0.344 e. The van der Waals surface area contributed by atoms with Crippen molar-refractivity contribution in [1.82, 2.24) is 9.62 Å². The van der Waals surface area contributed by atoms with E-state index < -0.39 is 15.8 Å². The zero-order valence-corrected chi connectivity index (χ0v) is 12.0. The van der Waals surface area contributed by atoms with Crippen molar-refractivity contribution in [2.45, 2.75) is 24.6 Å². The number of carbonyl (C=O) groups excluding carboxylic acids is 1. The Bertz CT molecular complexity index is 603. The summed E-state index contributed by atoms with van der Waals surface area (Å²) in [6.45, 7) is 0.362. The zero-order chi connectivity index (χ0) is 14.8. The van der Waals surface area contributed by atoms with Crippen LogP contribution in [0.2, 0.25) is 0 Å². The molecule has 7 heteroatoms. The van der Waals surface area contributed by atoms with E-state index in [-0.39, 0.29) is 17.7 Å². The molecule has 0 aliphatic carbocycles. The minimum absolute atomic E-state index is 0.0191. The lowest BCUT2D eigenvalue weighted by Crippen LogP contribution is -2.48. The largest absolute Gasteiger partial charge is 0.344 e. The van der Waals surface area contributed by atoms with E-state index in [1.807, 2.05) is 0 Å². The summed E-state index contributed by atoms with van der Waals surface area (Å²) < 4.78 is 39.7. The molecule has 1 heterocycles. The first kappa shape index (κ1) is 14.9. The summed E-state index contributed by atoms with van der Waals surface area (Å²) in [6.07, 6.45) is 0.829. The average Bonchev–Trinajstić information content (AvgIpc) is 2.33. The smallest absolute Gasteiger partial charge is 0.222 e. The summed E-state index contributed by atoms with van der Waals surface area (Å²) >= 11 is 0. The SMILES string of the molecule is CN1CC(NS(=O)(=O)Cc2cccc(F)c2)CCC1=O. The lowest BCUT2D eigenvalue weighted by atomic mass is 10.1. The minimum atomic E-state index is -3.55. The molecule has 0 aromatic heterocycles. The van der Waals surface area contributed by atoms with Crippen molar-refractivity contribution in [3.05, 3.63) is 35.6 Å². The number of hydrogen-bond acceptors (Lipinski definition) is 3. The second-order valence-corrected chi connectivity index (χ2v) is 6.77. The summed E-state index contributed by atoms with van der Waals surface area (Å²) in [7, 11) is -1.90. The number of amides is 1. The molecule has 1 aromatic rings. The van der Waals surface area contributed by atoms with Gasteiger partial charge in [0, 0.05) is 26.1 Å². The van der Waals surface area contributed by atoms with Crippen molar-refractivity contribution in [2.24, 2.45) is 0 Å². The summed E-state index contributed by atoms with van der Waals surface area (Å²) in [5, 5.41) is 0. The van der Waals surface area contributed by atoms with Gasteiger partial charge in [0.1, 0.15) is 5.82 Å². The highest BCUT2D eigenvalue weighted by atomic mass is 32.2. The Balaban J connectivity index is 1.99. The van der Waals surface area contributed by atoms with Gasteiger partial charge in [0.2, 0.25) is 15.9 Å². The molecule has 1 aliphatic rings. The van der Waals surface area contributed by atoms with E-state index in [2.05, 4.69) is 4.72 Å². The highest BCUT2D eigenvalue weighted by molar-refractivity contribution is 7.88. The fraction of sp³-hybridized carbons (Fsp3) is 0.462. The average molecular weight is 300 g/mol. The quantitative estimate of drug-likeness (QED) is 0.897. The molecule has 1 aliphatic heterocycles. The number of piperidine rings is 1. The molecule has 1 unspecified atom stereocenters. The van der Waals surface area contributed by atoms with Gasteiger partial charge in [-0.25, -0.2) is 17.5 Å². The molecule has 0 bridgehead atoms. The maximum Gasteiger partial charge on any atom is 0.222 e. The van der Waals surface area contributed by atoms with E-state index in [1.165, 1.54) is 23.1 Å². The standard InChI is InChI=1S/C13H17FN2O3S/c1-16-8-12(5-6-13(16)17)15-20(18,19)9-10-3-2-4-11(14)7-10/h2-4,7,12,15H,5-6,8-9H2,1H3. The molecule has 1 amide bonds. The Morgan fingerprint density at radius 3 is 2.85 bits per heavy atom. The molecule has 110 valence electrons. The Morgan fingerprint density at radius 2 is 2.20 bits per heavy atom. The number of carbonyl (C=O) groups is 1. The summed E-state index contributed by atoms with van der Waals surface area (Å²) in [6, 6.07) is 5.24. The molecule has 0 saturated carbocycles. The van der Waals surface area contributed by atoms with Crippen LogP contribution in [-0.2, 0) is 20.6 Å². The van der Waals surface area contributed by atoms with Crippen LogP contribution in [0.3, 0.4) is 0 Å². The molecular weight excluding hydrogens is 283 g/mol. The van der Waals surface area contributed by atoms with Crippen molar-refractivity contribution in [1.29, 1.82) is 0 Å². The molecule has 5 nitrogen and oxygen atoms in total. The normalized spacial score (nSPS) is 20.2. The van der Waals surface area contributed by atoms with Crippen molar-refractivity contribution in [3.8, 4) is 0 Å². The fourth-order valence-electron chi connectivity index (χ4n) is 2.25. The number of hydrogen-bond donors (Lipinski definition) is 1. The van der Waals surface area contributed by atoms with Gasteiger partial charge in [-0.05, 0) is 24.1 Å². The number of nitrogens with zero attached hydrogens (tertiary/aromatic N) is 1. The Kier molecular flexibility index (Phi) is 4.39. The number of benzene rings is 1. The molecule has 1 saturated heterocycles. The van der Waals surface area contributed by atoms with Crippen LogP contribution in [0.15, 0.2) is 24.3 Å². The Hall–Kier alpha value is -1.47. The van der Waals surface area contributed by atoms with E-state index in [0.717, 1.165) is 0 Å². The van der Waals surface area contributed by atoms with Crippen LogP contribution >= 0.6 is 0 Å². The molecule has 20 heavy (non-hydrogen) atoms. The first-order chi connectivity index (χ1) is 9.35. The van der Waals surface area contributed by atoms with Gasteiger partial charge in [-0.1, -0.05) is 12.1 Å². The molecule has 2 rings (SSSR count). The third-order valence-electron chi connectivity index (χ3n) is 3.22. The third kappa shape index (κ3) is 4.01. The van der Waals surface area contributed by atoms with E-state index in [0.29, 0.717) is 24.9 Å². The number of rotatable bonds is 4. The Labute approximate surface area is 117 Å². The van der Waals surface area contributed by atoms with Gasteiger partial charge >= 0.3 is 0 Å². The fourth-order valence-corrected chi connectivity index (χ4v) is 3.65. The number of sulfonamides is 1. The number of likely N-dealkylation sites (tertiary alicyclic amines) is 1. The number of halogens is 1. The molecule has 1 atom stereocenters. The van der Waals surface area contributed by atoms with Crippen LogP contribution in [0.4, 0.5) is 4.39 Å². The van der Waals surface area contributed by atoms with E-state index in [4.69, 9.17) is 0 Å². The van der Waals surface area contributed by atoms with Gasteiger partial charge in [-0.15, -0.1) is 0 Å². The van der Waals surface area contributed by atoms with Gasteiger partial charge < -0.3 is 4.90 Å². The molecule has 1 fully saturated rings. The van der Waals surface area contributed by atoms with Gasteiger partial charge in [0.25, 0.3) is 0 Å². The first-order valence-corrected chi connectivity index (χ1v) is 7.99. The van der Waals surface area contributed by atoms with Crippen molar-refractivity contribution in [2.75, 3.05) is 13.6 Å². The summed E-state index contributed by atoms with van der Waals surface area (Å²) in [4.78, 5) is 12.9. The predicted molar refractivity (Wildman–Crippen MR) is 72.8 cm³/mol. The second-order valence-electron chi connectivity index (χ2n) is 5.02. The predicted octanol–water partition coefficient (Wildman–Crippen LogP) is 0.866.